The molecule has 0 spiro atoms. The molecule has 4 N–H and O–H groups in total. The number of nitrogens with one attached hydrogen (secondary N) is 1. The van der Waals surface area contributed by atoms with Gasteiger partial charge in [0.2, 0.25) is 5.91 Å². The summed E-state index contributed by atoms with van der Waals surface area (Å²) in [5, 5.41) is 13.8. The Bertz CT molecular complexity index is 1510. The van der Waals surface area contributed by atoms with Crippen molar-refractivity contribution in [2.75, 3.05) is 25.1 Å². The lowest BCUT2D eigenvalue weighted by Gasteiger charge is -2.30. The molecule has 1 aromatic carbocycles. The molecule has 0 aliphatic rings. The Balaban J connectivity index is 1.74. The van der Waals surface area contributed by atoms with Crippen molar-refractivity contribution < 1.29 is 18.3 Å². The summed E-state index contributed by atoms with van der Waals surface area (Å²) in [4.78, 5) is 26.1. The number of fused-ring (bicyclic) bond motifs is 1. The second kappa shape index (κ2) is 11.3. The van der Waals surface area contributed by atoms with Gasteiger partial charge in [-0.3, -0.25) is 4.79 Å². The number of nitrogens with two attached hydrogens (primary N) is 1. The van der Waals surface area contributed by atoms with E-state index >= 15 is 0 Å². The van der Waals surface area contributed by atoms with E-state index in [-0.39, 0.29) is 29.1 Å². The van der Waals surface area contributed by atoms with Gasteiger partial charge in [-0.25, -0.2) is 18.4 Å². The molecule has 38 heavy (non-hydrogen) atoms. The van der Waals surface area contributed by atoms with E-state index in [1.165, 1.54) is 4.52 Å². The summed E-state index contributed by atoms with van der Waals surface area (Å²) in [5.41, 5.74) is 9.62. The minimum Gasteiger partial charge on any atom is -0.387 e. The van der Waals surface area contributed by atoms with Gasteiger partial charge in [-0.2, -0.15) is 9.61 Å². The Hall–Kier alpha value is -3.77. The first-order valence-corrected chi connectivity index (χ1v) is 14.4. The monoisotopic (exact) mass is 539 g/mol. The number of amides is 1. The van der Waals surface area contributed by atoms with Crippen LogP contribution < -0.4 is 5.73 Å². The number of carbonyl (C=O) groups excluding carboxylic acids is 1. The summed E-state index contributed by atoms with van der Waals surface area (Å²) in [7, 11) is -3.73. The molecule has 4 rings (SSSR count). The van der Waals surface area contributed by atoms with Crippen molar-refractivity contribution in [3.63, 3.8) is 0 Å². The summed E-state index contributed by atoms with van der Waals surface area (Å²) in [6.07, 6.45) is 8.30. The standard InChI is InChI=1S/C26H33N7O4S/c1-4-14-32(22(35)16-34)19(5-2)10-11-21-23(38(3,36)37)24(27)33-26(31-21)20(15-30-33)17-6-8-18(9-7-17)25-28-12-13-29-25/h6-9,12-13,15,19,34H,4-5,10-11,14,16,27H2,1-3H3,(H,28,29)/t19-/m1/s1. The molecular formula is C26H33N7O4S. The predicted molar refractivity (Wildman–Crippen MR) is 145 cm³/mol. The van der Waals surface area contributed by atoms with E-state index < -0.39 is 16.4 Å². The summed E-state index contributed by atoms with van der Waals surface area (Å²) < 4.78 is 26.9. The van der Waals surface area contributed by atoms with E-state index in [1.54, 1.807) is 23.5 Å². The molecule has 0 saturated heterocycles. The number of nitrogens with zero attached hydrogens (tertiary/aromatic N) is 5. The van der Waals surface area contributed by atoms with Crippen molar-refractivity contribution >= 4 is 27.2 Å². The van der Waals surface area contributed by atoms with E-state index in [1.807, 2.05) is 38.1 Å². The third-order valence-corrected chi connectivity index (χ3v) is 7.78. The van der Waals surface area contributed by atoms with Crippen LogP contribution in [-0.2, 0) is 21.1 Å². The van der Waals surface area contributed by atoms with Gasteiger partial charge >= 0.3 is 0 Å². The van der Waals surface area contributed by atoms with Crippen LogP contribution >= 0.6 is 0 Å². The molecule has 0 saturated carbocycles. The number of aromatic nitrogens is 5. The number of sulfone groups is 1. The van der Waals surface area contributed by atoms with Gasteiger partial charge < -0.3 is 20.7 Å². The number of hydrogen-bond donors (Lipinski definition) is 3. The summed E-state index contributed by atoms with van der Waals surface area (Å²) in [6.45, 7) is 3.86. The van der Waals surface area contributed by atoms with Gasteiger partial charge in [0, 0.05) is 42.4 Å². The minimum atomic E-state index is -3.73. The van der Waals surface area contributed by atoms with Crippen molar-refractivity contribution in [3.8, 4) is 22.5 Å². The van der Waals surface area contributed by atoms with Crippen molar-refractivity contribution in [1.82, 2.24) is 29.5 Å². The lowest BCUT2D eigenvalue weighted by Crippen LogP contribution is -2.42. The molecule has 3 heterocycles. The van der Waals surface area contributed by atoms with Gasteiger partial charge in [-0.1, -0.05) is 38.1 Å². The molecule has 4 aromatic rings. The molecule has 0 aliphatic carbocycles. The Morgan fingerprint density at radius 3 is 2.50 bits per heavy atom. The number of aliphatic hydroxyl groups is 1. The van der Waals surface area contributed by atoms with Crippen LogP contribution in [0.25, 0.3) is 28.2 Å². The minimum absolute atomic E-state index is 0.00384. The van der Waals surface area contributed by atoms with Crippen molar-refractivity contribution in [3.05, 3.63) is 48.5 Å². The maximum atomic E-state index is 12.8. The number of H-pyrrole nitrogens is 1. The number of aryl methyl sites for hydroxylation is 1. The molecule has 1 atom stereocenters. The SMILES string of the molecule is CCCN(C(=O)CO)[C@H](CC)CCc1nc2c(-c3ccc(-c4ncc[nH]4)cc3)cnn2c(N)c1S(C)(=O)=O. The third kappa shape index (κ3) is 5.41. The first kappa shape index (κ1) is 27.3. The number of aromatic amines is 1. The highest BCUT2D eigenvalue weighted by atomic mass is 32.2. The van der Waals surface area contributed by atoms with Crippen LogP contribution in [0.4, 0.5) is 5.82 Å². The zero-order valence-corrected chi connectivity index (χ0v) is 22.6. The molecule has 0 radical (unpaired) electrons. The van der Waals surface area contributed by atoms with E-state index in [0.717, 1.165) is 29.6 Å². The second-order valence-corrected chi connectivity index (χ2v) is 11.2. The quantitative estimate of drug-likeness (QED) is 0.262. The third-order valence-electron chi connectivity index (χ3n) is 6.59. The molecule has 3 aromatic heterocycles. The topological polar surface area (TPSA) is 160 Å². The number of anilines is 1. The fourth-order valence-corrected chi connectivity index (χ4v) is 5.82. The highest BCUT2D eigenvalue weighted by molar-refractivity contribution is 7.91. The number of imidazole rings is 1. The normalized spacial score (nSPS) is 12.6. The van der Waals surface area contributed by atoms with Crippen molar-refractivity contribution in [1.29, 1.82) is 0 Å². The predicted octanol–water partition coefficient (Wildman–Crippen LogP) is 2.71. The largest absolute Gasteiger partial charge is 0.387 e. The van der Waals surface area contributed by atoms with Crippen LogP contribution in [0, 0.1) is 0 Å². The highest BCUT2D eigenvalue weighted by Crippen LogP contribution is 2.31. The first-order valence-electron chi connectivity index (χ1n) is 12.6. The zero-order valence-electron chi connectivity index (χ0n) is 21.8. The number of hydrogen-bond acceptors (Lipinski definition) is 8. The molecule has 0 fully saturated rings. The molecule has 202 valence electrons. The summed E-state index contributed by atoms with van der Waals surface area (Å²) in [5.74, 6) is 0.401. The van der Waals surface area contributed by atoms with Crippen molar-refractivity contribution in [2.45, 2.75) is 50.5 Å². The second-order valence-electron chi connectivity index (χ2n) is 9.20. The molecule has 0 aliphatic heterocycles. The zero-order chi connectivity index (χ0) is 27.4. The van der Waals surface area contributed by atoms with Crippen LogP contribution in [0.3, 0.4) is 0 Å². The number of aliphatic hydroxyl groups excluding tert-OH is 1. The molecule has 1 amide bonds. The maximum Gasteiger partial charge on any atom is 0.248 e. The smallest absolute Gasteiger partial charge is 0.248 e. The van der Waals surface area contributed by atoms with Crippen LogP contribution in [-0.4, -0.2) is 74.3 Å². The lowest BCUT2D eigenvalue weighted by atomic mass is 10.0. The summed E-state index contributed by atoms with van der Waals surface area (Å²) >= 11 is 0. The Kier molecular flexibility index (Phi) is 8.12. The first-order chi connectivity index (χ1) is 18.2. The number of nitrogen functional groups attached to an aromatic ring is 1. The van der Waals surface area contributed by atoms with Crippen LogP contribution in [0.5, 0.6) is 0 Å². The van der Waals surface area contributed by atoms with Crippen LogP contribution in [0.15, 0.2) is 47.8 Å². The average molecular weight is 540 g/mol. The maximum absolute atomic E-state index is 12.8. The van der Waals surface area contributed by atoms with Crippen LogP contribution in [0.2, 0.25) is 0 Å². The van der Waals surface area contributed by atoms with Gasteiger partial charge in [-0.15, -0.1) is 0 Å². The van der Waals surface area contributed by atoms with Gasteiger partial charge in [-0.05, 0) is 31.2 Å². The van der Waals surface area contributed by atoms with E-state index in [4.69, 9.17) is 10.7 Å². The van der Waals surface area contributed by atoms with Gasteiger partial charge in [0.05, 0.1) is 11.9 Å². The molecule has 0 bridgehead atoms. The number of carbonyl (C=O) groups is 1. The molecular weight excluding hydrogens is 506 g/mol. The average Bonchev–Trinajstić information content (AvgIpc) is 3.58. The summed E-state index contributed by atoms with van der Waals surface area (Å²) in [6, 6.07) is 7.53. The highest BCUT2D eigenvalue weighted by Gasteiger charge is 2.26. The number of rotatable bonds is 11. The van der Waals surface area contributed by atoms with Gasteiger partial charge in [0.1, 0.15) is 23.1 Å². The number of benzene rings is 1. The van der Waals surface area contributed by atoms with E-state index in [0.29, 0.717) is 36.3 Å². The molecule has 0 unspecified atom stereocenters. The van der Waals surface area contributed by atoms with Crippen molar-refractivity contribution in [2.24, 2.45) is 0 Å². The van der Waals surface area contributed by atoms with Gasteiger partial charge in [0.25, 0.3) is 0 Å². The Morgan fingerprint density at radius 2 is 1.92 bits per heavy atom. The van der Waals surface area contributed by atoms with E-state index in [2.05, 4.69) is 15.1 Å². The fraction of sp³-hybridized carbons (Fsp3) is 0.385. The molecule has 11 nitrogen and oxygen atoms in total. The van der Waals surface area contributed by atoms with E-state index in [9.17, 15) is 18.3 Å². The molecule has 12 heteroatoms. The lowest BCUT2D eigenvalue weighted by molar-refractivity contribution is -0.136. The Morgan fingerprint density at radius 1 is 1.21 bits per heavy atom. The van der Waals surface area contributed by atoms with Gasteiger partial charge in [0.15, 0.2) is 15.5 Å². The van der Waals surface area contributed by atoms with Crippen LogP contribution in [0.1, 0.15) is 38.8 Å². The fourth-order valence-electron chi connectivity index (χ4n) is 4.78. The Labute approximate surface area is 221 Å².